The number of piperidine rings is 1. The number of amides is 1. The van der Waals surface area contributed by atoms with Crippen molar-refractivity contribution in [2.75, 3.05) is 19.6 Å². The molecule has 0 bridgehead atoms. The van der Waals surface area contributed by atoms with Crippen LogP contribution < -0.4 is 5.32 Å². The number of hydrogen-bond acceptors (Lipinski definition) is 2. The van der Waals surface area contributed by atoms with Gasteiger partial charge in [0.15, 0.2) is 0 Å². The monoisotopic (exact) mass is 252 g/mol. The Kier molecular flexibility index (Phi) is 5.04. The van der Waals surface area contributed by atoms with Gasteiger partial charge in [-0.2, -0.15) is 0 Å². The van der Waals surface area contributed by atoms with Gasteiger partial charge in [0.25, 0.3) is 0 Å². The molecular weight excluding hydrogens is 224 g/mol. The van der Waals surface area contributed by atoms with Crippen LogP contribution in [0, 0.1) is 11.8 Å². The second-order valence-corrected chi connectivity index (χ2v) is 6.23. The Morgan fingerprint density at radius 1 is 1.06 bits per heavy atom. The highest BCUT2D eigenvalue weighted by molar-refractivity contribution is 5.78. The van der Waals surface area contributed by atoms with Gasteiger partial charge in [0.1, 0.15) is 0 Å². The van der Waals surface area contributed by atoms with Gasteiger partial charge in [0.05, 0.1) is 6.54 Å². The number of rotatable bonds is 3. The number of hydrogen-bond donors (Lipinski definition) is 1. The van der Waals surface area contributed by atoms with E-state index in [-0.39, 0.29) is 0 Å². The highest BCUT2D eigenvalue weighted by Crippen LogP contribution is 2.28. The molecule has 2 rings (SSSR count). The molecule has 0 radical (unpaired) electrons. The molecule has 2 aliphatic rings. The van der Waals surface area contributed by atoms with Crippen LogP contribution >= 0.6 is 0 Å². The molecule has 0 aromatic carbocycles. The molecule has 2 atom stereocenters. The molecule has 2 unspecified atom stereocenters. The van der Waals surface area contributed by atoms with E-state index in [0.29, 0.717) is 30.3 Å². The number of carbonyl (C=O) groups is 1. The Hall–Kier alpha value is -0.570. The molecule has 1 amide bonds. The van der Waals surface area contributed by atoms with Gasteiger partial charge in [-0.25, -0.2) is 0 Å². The lowest BCUT2D eigenvalue weighted by molar-refractivity contribution is -0.131. The Morgan fingerprint density at radius 3 is 2.28 bits per heavy atom. The van der Waals surface area contributed by atoms with Crippen LogP contribution in [0.3, 0.4) is 0 Å². The molecule has 0 spiro atoms. The zero-order valence-corrected chi connectivity index (χ0v) is 12.0. The third-order valence-corrected chi connectivity index (χ3v) is 4.74. The summed E-state index contributed by atoms with van der Waals surface area (Å²) in [6.45, 7) is 7.11. The summed E-state index contributed by atoms with van der Waals surface area (Å²) in [5, 5.41) is 3.53. The van der Waals surface area contributed by atoms with E-state index in [1.54, 1.807) is 0 Å². The predicted octanol–water partition coefficient (Wildman–Crippen LogP) is 2.41. The van der Waals surface area contributed by atoms with E-state index in [1.165, 1.54) is 38.5 Å². The lowest BCUT2D eigenvalue weighted by atomic mass is 9.79. The van der Waals surface area contributed by atoms with Crippen LogP contribution in [0.5, 0.6) is 0 Å². The predicted molar refractivity (Wildman–Crippen MR) is 74.4 cm³/mol. The van der Waals surface area contributed by atoms with Gasteiger partial charge in [0, 0.05) is 19.1 Å². The second kappa shape index (κ2) is 6.55. The zero-order chi connectivity index (χ0) is 13.0. The lowest BCUT2D eigenvalue weighted by Crippen LogP contribution is -2.48. The average molecular weight is 252 g/mol. The molecular formula is C15H28N2O. The summed E-state index contributed by atoms with van der Waals surface area (Å²) in [6, 6.07) is 0.535. The van der Waals surface area contributed by atoms with Crippen LogP contribution in [0.4, 0.5) is 0 Å². The summed E-state index contributed by atoms with van der Waals surface area (Å²) in [7, 11) is 0. The molecule has 3 heteroatoms. The van der Waals surface area contributed by atoms with Gasteiger partial charge in [-0.05, 0) is 43.9 Å². The van der Waals surface area contributed by atoms with E-state index in [2.05, 4.69) is 19.2 Å². The number of nitrogens with zero attached hydrogens (tertiary/aromatic N) is 1. The van der Waals surface area contributed by atoms with Crippen molar-refractivity contribution in [3.63, 3.8) is 0 Å². The Labute approximate surface area is 111 Å². The van der Waals surface area contributed by atoms with Gasteiger partial charge >= 0.3 is 0 Å². The summed E-state index contributed by atoms with van der Waals surface area (Å²) in [6.07, 6.45) is 7.61. The average Bonchev–Trinajstić information content (AvgIpc) is 2.39. The van der Waals surface area contributed by atoms with Crippen LogP contribution in [0.2, 0.25) is 0 Å². The summed E-state index contributed by atoms with van der Waals surface area (Å²) in [4.78, 5) is 14.2. The molecule has 1 N–H and O–H groups in total. The molecule has 3 nitrogen and oxygen atoms in total. The van der Waals surface area contributed by atoms with E-state index in [9.17, 15) is 4.79 Å². The number of likely N-dealkylation sites (tertiary alicyclic amines) is 1. The number of carbonyl (C=O) groups excluding carboxylic acids is 1. The fraction of sp³-hybridized carbons (Fsp3) is 0.933. The zero-order valence-electron chi connectivity index (χ0n) is 12.0. The van der Waals surface area contributed by atoms with Crippen molar-refractivity contribution in [2.24, 2.45) is 11.8 Å². The Bertz CT molecular complexity index is 264. The van der Waals surface area contributed by atoms with E-state index in [1.807, 2.05) is 4.90 Å². The minimum atomic E-state index is 0.305. The minimum Gasteiger partial charge on any atom is -0.342 e. The maximum absolute atomic E-state index is 12.1. The van der Waals surface area contributed by atoms with Crippen LogP contribution in [0.15, 0.2) is 0 Å². The van der Waals surface area contributed by atoms with E-state index >= 15 is 0 Å². The van der Waals surface area contributed by atoms with E-state index in [0.717, 1.165) is 13.1 Å². The van der Waals surface area contributed by atoms with Crippen LogP contribution in [-0.4, -0.2) is 36.5 Å². The summed E-state index contributed by atoms with van der Waals surface area (Å²) in [5.74, 6) is 1.73. The molecule has 18 heavy (non-hydrogen) atoms. The number of nitrogens with one attached hydrogen (secondary N) is 1. The molecule has 104 valence electrons. The molecule has 1 saturated heterocycles. The molecule has 2 fully saturated rings. The minimum absolute atomic E-state index is 0.305. The second-order valence-electron chi connectivity index (χ2n) is 6.23. The Morgan fingerprint density at radius 2 is 1.67 bits per heavy atom. The van der Waals surface area contributed by atoms with Crippen molar-refractivity contribution < 1.29 is 4.79 Å². The summed E-state index contributed by atoms with van der Waals surface area (Å²) >= 11 is 0. The van der Waals surface area contributed by atoms with E-state index < -0.39 is 0 Å². The summed E-state index contributed by atoms with van der Waals surface area (Å²) in [5.41, 5.74) is 0. The van der Waals surface area contributed by atoms with Crippen molar-refractivity contribution in [3.05, 3.63) is 0 Å². The molecule has 1 aliphatic heterocycles. The van der Waals surface area contributed by atoms with Gasteiger partial charge in [-0.1, -0.05) is 20.3 Å². The van der Waals surface area contributed by atoms with Crippen LogP contribution in [-0.2, 0) is 4.79 Å². The van der Waals surface area contributed by atoms with Crippen molar-refractivity contribution in [1.29, 1.82) is 0 Å². The maximum Gasteiger partial charge on any atom is 0.236 e. The molecule has 1 saturated carbocycles. The lowest BCUT2D eigenvalue weighted by Gasteiger charge is -2.36. The van der Waals surface area contributed by atoms with Crippen LogP contribution in [0.25, 0.3) is 0 Å². The highest BCUT2D eigenvalue weighted by atomic mass is 16.2. The van der Waals surface area contributed by atoms with Crippen molar-refractivity contribution in [3.8, 4) is 0 Å². The van der Waals surface area contributed by atoms with Crippen molar-refractivity contribution in [2.45, 2.75) is 58.4 Å². The quantitative estimate of drug-likeness (QED) is 0.836. The van der Waals surface area contributed by atoms with Gasteiger partial charge < -0.3 is 10.2 Å². The molecule has 1 heterocycles. The Balaban J connectivity index is 1.77. The van der Waals surface area contributed by atoms with E-state index in [4.69, 9.17) is 0 Å². The molecule has 0 aromatic heterocycles. The first-order valence-corrected chi connectivity index (χ1v) is 7.69. The van der Waals surface area contributed by atoms with Gasteiger partial charge in [-0.15, -0.1) is 0 Å². The fourth-order valence-electron chi connectivity index (χ4n) is 3.54. The topological polar surface area (TPSA) is 32.3 Å². The summed E-state index contributed by atoms with van der Waals surface area (Å²) < 4.78 is 0. The fourth-order valence-corrected chi connectivity index (χ4v) is 3.54. The third kappa shape index (κ3) is 3.47. The van der Waals surface area contributed by atoms with Crippen molar-refractivity contribution >= 4 is 5.91 Å². The van der Waals surface area contributed by atoms with Gasteiger partial charge in [-0.3, -0.25) is 4.79 Å². The normalized spacial score (nSPS) is 33.4. The largest absolute Gasteiger partial charge is 0.342 e. The third-order valence-electron chi connectivity index (χ3n) is 4.74. The first-order chi connectivity index (χ1) is 8.68. The highest BCUT2D eigenvalue weighted by Gasteiger charge is 2.28. The SMILES string of the molecule is CC1CCCC(C)C1NCC(=O)N1CCCCC1. The first-order valence-electron chi connectivity index (χ1n) is 7.69. The standard InChI is InChI=1S/C15H28N2O/c1-12-7-6-8-13(2)15(12)16-11-14(18)17-9-4-3-5-10-17/h12-13,15-16H,3-11H2,1-2H3. The molecule has 1 aliphatic carbocycles. The maximum atomic E-state index is 12.1. The molecule has 0 aromatic rings. The van der Waals surface area contributed by atoms with Gasteiger partial charge in [0.2, 0.25) is 5.91 Å². The van der Waals surface area contributed by atoms with Crippen LogP contribution in [0.1, 0.15) is 52.4 Å². The first kappa shape index (κ1) is 13.9. The smallest absolute Gasteiger partial charge is 0.236 e. The van der Waals surface area contributed by atoms with Crippen molar-refractivity contribution in [1.82, 2.24) is 10.2 Å².